The number of pyridine rings is 1. The third-order valence-electron chi connectivity index (χ3n) is 8.56. The zero-order chi connectivity index (χ0) is 30.1. The Morgan fingerprint density at radius 1 is 1.14 bits per heavy atom. The molecule has 3 fully saturated rings. The van der Waals surface area contributed by atoms with Crippen LogP contribution in [0.25, 0.3) is 10.9 Å². The number of rotatable bonds is 8. The van der Waals surface area contributed by atoms with Gasteiger partial charge in [0.05, 0.1) is 41.4 Å². The second kappa shape index (κ2) is 10.4. The molecule has 2 N–H and O–H groups in total. The molecule has 2 aromatic heterocycles. The quantitative estimate of drug-likeness (QED) is 0.226. The second-order valence-corrected chi connectivity index (χ2v) is 13.9. The summed E-state index contributed by atoms with van der Waals surface area (Å²) in [7, 11) is 0. The molecule has 3 heterocycles. The summed E-state index contributed by atoms with van der Waals surface area (Å²) in [5.41, 5.74) is 3.39. The lowest BCUT2D eigenvalue weighted by Crippen LogP contribution is -2.27. The van der Waals surface area contributed by atoms with Crippen LogP contribution in [0.1, 0.15) is 63.9 Å². The maximum absolute atomic E-state index is 9.87. The van der Waals surface area contributed by atoms with Crippen LogP contribution in [0, 0.1) is 28.6 Å². The van der Waals surface area contributed by atoms with E-state index in [4.69, 9.17) is 23.2 Å². The number of halogens is 2. The van der Waals surface area contributed by atoms with Gasteiger partial charge >= 0.3 is 0 Å². The number of fused-ring (bicyclic) bond motifs is 2. The third kappa shape index (κ3) is 5.30. The van der Waals surface area contributed by atoms with Crippen molar-refractivity contribution in [2.45, 2.75) is 51.7 Å². The fourth-order valence-corrected chi connectivity index (χ4v) is 6.59. The SMILES string of the molecule is [2H][C@](Nc1cc(Cl)c2ncc(C#N)c(NCC(C)(C)C)c2c1)(c1ccc(Cl)cc1)c1cn(C2[C@H]3CN(C4CC4)C[C@@H]23)nn1. The highest BCUT2D eigenvalue weighted by molar-refractivity contribution is 6.36. The van der Waals surface area contributed by atoms with Crippen molar-refractivity contribution >= 4 is 45.5 Å². The first-order valence-electron chi connectivity index (χ1n) is 15.0. The zero-order valence-electron chi connectivity index (χ0n) is 24.9. The number of benzene rings is 2. The van der Waals surface area contributed by atoms with Gasteiger partial charge in [-0.3, -0.25) is 9.88 Å². The van der Waals surface area contributed by atoms with E-state index >= 15 is 0 Å². The Kier molecular flexibility index (Phi) is 6.51. The van der Waals surface area contributed by atoms with E-state index in [1.165, 1.54) is 12.8 Å². The van der Waals surface area contributed by atoms with E-state index in [0.717, 1.165) is 19.1 Å². The third-order valence-corrected chi connectivity index (χ3v) is 9.10. The maximum Gasteiger partial charge on any atom is 0.109 e. The molecule has 2 saturated carbocycles. The van der Waals surface area contributed by atoms with Crippen molar-refractivity contribution < 1.29 is 1.37 Å². The molecule has 3 aliphatic rings. The van der Waals surface area contributed by atoms with E-state index in [0.29, 0.717) is 73.6 Å². The summed E-state index contributed by atoms with van der Waals surface area (Å²) in [6, 6.07) is 12.7. The minimum absolute atomic E-state index is 0.0189. The number of nitriles is 1. The molecule has 0 spiro atoms. The summed E-state index contributed by atoms with van der Waals surface area (Å²) < 4.78 is 11.8. The molecule has 216 valence electrons. The Morgan fingerprint density at radius 3 is 2.55 bits per heavy atom. The molecule has 7 rings (SSSR count). The number of piperidine rings is 1. The molecule has 2 aromatic carbocycles. The average Bonchev–Trinajstić information content (AvgIpc) is 3.82. The van der Waals surface area contributed by atoms with Gasteiger partial charge in [0.25, 0.3) is 0 Å². The molecule has 0 bridgehead atoms. The molecule has 1 aliphatic heterocycles. The van der Waals surface area contributed by atoms with Crippen LogP contribution in [0.3, 0.4) is 0 Å². The van der Waals surface area contributed by atoms with Gasteiger partial charge in [-0.1, -0.05) is 61.3 Å². The first kappa shape index (κ1) is 26.3. The van der Waals surface area contributed by atoms with E-state index in [2.05, 4.69) is 57.7 Å². The second-order valence-electron chi connectivity index (χ2n) is 13.0. The van der Waals surface area contributed by atoms with Crippen molar-refractivity contribution in [2.75, 3.05) is 30.3 Å². The topological polar surface area (TPSA) is 94.7 Å². The van der Waals surface area contributed by atoms with Crippen molar-refractivity contribution in [1.82, 2.24) is 24.9 Å². The lowest BCUT2D eigenvalue weighted by Gasteiger charge is -2.22. The van der Waals surface area contributed by atoms with Crippen molar-refractivity contribution in [3.05, 3.63) is 75.7 Å². The van der Waals surface area contributed by atoms with Crippen molar-refractivity contribution in [2.24, 2.45) is 17.3 Å². The van der Waals surface area contributed by atoms with Crippen molar-refractivity contribution in [3.8, 4) is 6.07 Å². The van der Waals surface area contributed by atoms with Gasteiger partial charge in [0, 0.05) is 59.8 Å². The van der Waals surface area contributed by atoms with Gasteiger partial charge in [-0.2, -0.15) is 5.26 Å². The highest BCUT2D eigenvalue weighted by Gasteiger charge is 2.59. The van der Waals surface area contributed by atoms with Crippen LogP contribution in [-0.4, -0.2) is 50.6 Å². The molecule has 8 nitrogen and oxygen atoms in total. The Hall–Kier alpha value is -3.38. The Balaban J connectivity index is 1.25. The predicted octanol–water partition coefficient (Wildman–Crippen LogP) is 6.93. The van der Waals surface area contributed by atoms with E-state index in [-0.39, 0.29) is 5.41 Å². The molecule has 0 amide bonds. The highest BCUT2D eigenvalue weighted by Crippen LogP contribution is 2.56. The minimum atomic E-state index is -1.50. The smallest absolute Gasteiger partial charge is 0.109 e. The predicted molar refractivity (Wildman–Crippen MR) is 167 cm³/mol. The number of nitrogens with one attached hydrogen (secondary N) is 2. The number of anilines is 2. The Labute approximate surface area is 257 Å². The summed E-state index contributed by atoms with van der Waals surface area (Å²) in [6.45, 7) is 9.27. The molecule has 0 radical (unpaired) electrons. The number of hydrogen-bond donors (Lipinski definition) is 2. The molecule has 10 heteroatoms. The molecule has 2 aliphatic carbocycles. The maximum atomic E-state index is 9.87. The largest absolute Gasteiger partial charge is 0.383 e. The zero-order valence-corrected chi connectivity index (χ0v) is 25.4. The number of aromatic nitrogens is 4. The average molecular weight is 603 g/mol. The molecule has 1 saturated heterocycles. The molecular formula is C32H34Cl2N8. The molecule has 4 atom stereocenters. The minimum Gasteiger partial charge on any atom is -0.383 e. The van der Waals surface area contributed by atoms with Gasteiger partial charge in [-0.25, -0.2) is 4.68 Å². The lowest BCUT2D eigenvalue weighted by atomic mass is 9.96. The van der Waals surface area contributed by atoms with Crippen LogP contribution < -0.4 is 10.6 Å². The van der Waals surface area contributed by atoms with Gasteiger partial charge in [-0.15, -0.1) is 5.10 Å². The summed E-state index contributed by atoms with van der Waals surface area (Å²) in [5, 5.41) is 27.5. The first-order chi connectivity index (χ1) is 20.5. The monoisotopic (exact) mass is 601 g/mol. The van der Waals surface area contributed by atoms with Gasteiger partial charge in [0.1, 0.15) is 11.8 Å². The standard InChI is InChI=1S/C32H34Cl2N8/c1-32(2,3)17-37-28-19(12-35)13-36-30-23(28)10-21(11-26(30)34)38-29(18-4-6-20(33)7-5-18)27-16-42(40-39-27)31-24-14-41(15-25(24)31)22-8-9-22/h4-7,10-11,13,16,22,24-25,29,31,38H,8-9,14-15,17H2,1-3H3,(H,36,37)/t24-,25+,29-,31?/m0/s1/i29D. The summed E-state index contributed by atoms with van der Waals surface area (Å²) >= 11 is 13.0. The summed E-state index contributed by atoms with van der Waals surface area (Å²) in [4.78, 5) is 7.10. The fraction of sp³-hybridized carbons (Fsp3) is 0.438. The molecule has 1 unspecified atom stereocenters. The number of hydrogen-bond acceptors (Lipinski definition) is 7. The lowest BCUT2D eigenvalue weighted by molar-refractivity contribution is 0.270. The van der Waals surface area contributed by atoms with Crippen LogP contribution in [0.2, 0.25) is 10.0 Å². The normalized spacial score (nSPS) is 23.6. The molecule has 4 aromatic rings. The van der Waals surface area contributed by atoms with E-state index in [1.54, 1.807) is 24.4 Å². The number of nitrogens with zero attached hydrogens (tertiary/aromatic N) is 6. The van der Waals surface area contributed by atoms with Crippen LogP contribution in [0.15, 0.2) is 48.8 Å². The van der Waals surface area contributed by atoms with E-state index < -0.39 is 6.02 Å². The van der Waals surface area contributed by atoms with Crippen LogP contribution in [0.4, 0.5) is 11.4 Å². The van der Waals surface area contributed by atoms with Crippen molar-refractivity contribution in [3.63, 3.8) is 0 Å². The van der Waals surface area contributed by atoms with Gasteiger partial charge in [0.15, 0.2) is 0 Å². The fourth-order valence-electron chi connectivity index (χ4n) is 6.20. The van der Waals surface area contributed by atoms with E-state index in [1.807, 2.05) is 29.1 Å². The first-order valence-corrected chi connectivity index (χ1v) is 15.3. The van der Waals surface area contributed by atoms with Crippen molar-refractivity contribution in [1.29, 1.82) is 5.26 Å². The van der Waals surface area contributed by atoms with Crippen LogP contribution >= 0.6 is 23.2 Å². The van der Waals surface area contributed by atoms with Crippen LogP contribution in [0.5, 0.6) is 0 Å². The van der Waals surface area contributed by atoms with Gasteiger partial charge in [-0.05, 0) is 48.1 Å². The molecule has 42 heavy (non-hydrogen) atoms. The van der Waals surface area contributed by atoms with Gasteiger partial charge < -0.3 is 10.6 Å². The van der Waals surface area contributed by atoms with Gasteiger partial charge in [0.2, 0.25) is 0 Å². The summed E-state index contributed by atoms with van der Waals surface area (Å²) in [6.07, 6.45) is 6.11. The molecular weight excluding hydrogens is 567 g/mol. The summed E-state index contributed by atoms with van der Waals surface area (Å²) in [5.74, 6) is 1.19. The Bertz CT molecular complexity index is 1730. The number of likely N-dealkylation sites (tertiary alicyclic amines) is 1. The highest BCUT2D eigenvalue weighted by atomic mass is 35.5. The Morgan fingerprint density at radius 2 is 1.88 bits per heavy atom. The van der Waals surface area contributed by atoms with Crippen LogP contribution in [-0.2, 0) is 0 Å². The van der Waals surface area contributed by atoms with E-state index in [9.17, 15) is 6.63 Å².